The van der Waals surface area contributed by atoms with Crippen molar-refractivity contribution in [2.24, 2.45) is 5.92 Å². The van der Waals surface area contributed by atoms with Crippen LogP contribution in [-0.2, 0) is 20.6 Å². The fraction of sp³-hybridized carbons (Fsp3) is 0.733. The fourth-order valence-corrected chi connectivity index (χ4v) is 4.22. The molecule has 6 nitrogen and oxygen atoms in total. The summed E-state index contributed by atoms with van der Waals surface area (Å²) in [5.41, 5.74) is -0.952. The number of hydrogen-bond donors (Lipinski definition) is 2. The van der Waals surface area contributed by atoms with Crippen LogP contribution in [-0.4, -0.2) is 51.3 Å². The summed E-state index contributed by atoms with van der Waals surface area (Å²) in [5, 5.41) is 2.99. The zero-order valence-electron chi connectivity index (χ0n) is 12.8. The molecule has 4 atom stereocenters. The lowest BCUT2D eigenvalue weighted by molar-refractivity contribution is -0.131. The Morgan fingerprint density at radius 1 is 1.36 bits per heavy atom. The normalized spacial score (nSPS) is 35.7. The predicted molar refractivity (Wildman–Crippen MR) is 84.1 cm³/mol. The number of likely N-dealkylation sites (tertiary alicyclic amines) is 1. The Hall–Kier alpha value is -1.21. The summed E-state index contributed by atoms with van der Waals surface area (Å²) in [5.74, 6) is -0.535. The molecule has 2 aliphatic carbocycles. The lowest BCUT2D eigenvalue weighted by Gasteiger charge is -2.23. The van der Waals surface area contributed by atoms with Crippen molar-refractivity contribution in [3.63, 3.8) is 0 Å². The first-order chi connectivity index (χ1) is 10.5. The minimum absolute atomic E-state index is 0.0820. The lowest BCUT2D eigenvalue weighted by atomic mass is 10.1. The SMILES string of the molecule is C=CC1CC1(NC(=O)[C@@H]1CCCN1C)C(=O)NS(=O)C1CC1. The molecule has 0 bridgehead atoms. The average Bonchev–Trinajstić information content (AvgIpc) is 3.38. The van der Waals surface area contributed by atoms with Gasteiger partial charge in [-0.1, -0.05) is 6.08 Å². The largest absolute Gasteiger partial charge is 0.340 e. The number of rotatable bonds is 6. The smallest absolute Gasteiger partial charge is 0.258 e. The quantitative estimate of drug-likeness (QED) is 0.678. The van der Waals surface area contributed by atoms with Crippen molar-refractivity contribution >= 4 is 22.8 Å². The van der Waals surface area contributed by atoms with Gasteiger partial charge in [0.05, 0.1) is 11.3 Å². The summed E-state index contributed by atoms with van der Waals surface area (Å²) in [6.45, 7) is 4.63. The van der Waals surface area contributed by atoms with Crippen molar-refractivity contribution in [2.45, 2.75) is 48.9 Å². The van der Waals surface area contributed by atoms with Crippen molar-refractivity contribution in [3.8, 4) is 0 Å². The van der Waals surface area contributed by atoms with Crippen molar-refractivity contribution in [2.75, 3.05) is 13.6 Å². The van der Waals surface area contributed by atoms with Gasteiger partial charge in [0.2, 0.25) is 5.91 Å². The third-order valence-corrected chi connectivity index (χ3v) is 6.36. The first-order valence-corrected chi connectivity index (χ1v) is 9.05. The molecular weight excluding hydrogens is 302 g/mol. The summed E-state index contributed by atoms with van der Waals surface area (Å²) in [4.78, 5) is 27.0. The van der Waals surface area contributed by atoms with E-state index in [2.05, 4.69) is 16.6 Å². The number of likely N-dealkylation sites (N-methyl/N-ethyl adjacent to an activating group) is 1. The van der Waals surface area contributed by atoms with Gasteiger partial charge in [0.1, 0.15) is 16.5 Å². The van der Waals surface area contributed by atoms with Crippen LogP contribution in [0.15, 0.2) is 12.7 Å². The Kier molecular flexibility index (Phi) is 4.11. The zero-order chi connectivity index (χ0) is 15.9. The van der Waals surface area contributed by atoms with Crippen LogP contribution in [0.1, 0.15) is 32.1 Å². The Balaban J connectivity index is 1.66. The number of carbonyl (C=O) groups is 2. The first-order valence-electron chi connectivity index (χ1n) is 7.84. The first kappa shape index (κ1) is 15.7. The molecule has 2 amide bonds. The lowest BCUT2D eigenvalue weighted by Crippen LogP contribution is -2.55. The van der Waals surface area contributed by atoms with Crippen molar-refractivity contribution in [1.82, 2.24) is 14.9 Å². The zero-order valence-corrected chi connectivity index (χ0v) is 13.7. The number of amides is 2. The summed E-state index contributed by atoms with van der Waals surface area (Å²) < 4.78 is 14.5. The van der Waals surface area contributed by atoms with E-state index in [9.17, 15) is 13.8 Å². The highest BCUT2D eigenvalue weighted by Crippen LogP contribution is 2.45. The van der Waals surface area contributed by atoms with Crippen LogP contribution in [0.5, 0.6) is 0 Å². The van der Waals surface area contributed by atoms with Gasteiger partial charge in [-0.25, -0.2) is 4.21 Å². The molecule has 1 heterocycles. The van der Waals surface area contributed by atoms with E-state index < -0.39 is 16.5 Å². The Bertz CT molecular complexity index is 534. The third kappa shape index (κ3) is 2.84. The van der Waals surface area contributed by atoms with Crippen LogP contribution in [0, 0.1) is 5.92 Å². The maximum Gasteiger partial charge on any atom is 0.258 e. The molecule has 3 unspecified atom stereocenters. The Morgan fingerprint density at radius 3 is 2.59 bits per heavy atom. The van der Waals surface area contributed by atoms with E-state index in [0.717, 1.165) is 32.2 Å². The van der Waals surface area contributed by atoms with Crippen LogP contribution in [0.25, 0.3) is 0 Å². The van der Waals surface area contributed by atoms with E-state index in [4.69, 9.17) is 0 Å². The second-order valence-corrected chi connectivity index (χ2v) is 8.04. The van der Waals surface area contributed by atoms with Gasteiger partial charge in [-0.2, -0.15) is 0 Å². The van der Waals surface area contributed by atoms with Gasteiger partial charge in [-0.15, -0.1) is 6.58 Å². The summed E-state index contributed by atoms with van der Waals surface area (Å²) in [7, 11) is 0.587. The van der Waals surface area contributed by atoms with Gasteiger partial charge >= 0.3 is 0 Å². The second-order valence-electron chi connectivity index (χ2n) is 6.57. The number of nitrogens with zero attached hydrogens (tertiary/aromatic N) is 1. The van der Waals surface area contributed by atoms with Gasteiger partial charge in [-0.05, 0) is 45.7 Å². The standard InChI is InChI=1S/C15H23N3O3S/c1-3-10-9-15(10,14(20)17-22(21)11-6-7-11)16-13(19)12-5-4-8-18(12)2/h3,10-12H,1,4-9H2,2H3,(H,16,19)(H,17,20)/t10?,12-,15?,22?/m0/s1. The number of hydrogen-bond acceptors (Lipinski definition) is 4. The second kappa shape index (κ2) is 5.77. The van der Waals surface area contributed by atoms with E-state index >= 15 is 0 Å². The molecule has 0 radical (unpaired) electrons. The fourth-order valence-electron chi connectivity index (χ4n) is 3.13. The number of carbonyl (C=O) groups excluding carboxylic acids is 2. The molecule has 0 spiro atoms. The van der Waals surface area contributed by atoms with Crippen LogP contribution >= 0.6 is 0 Å². The molecule has 7 heteroatoms. The summed E-state index contributed by atoms with van der Waals surface area (Å²) in [6, 6.07) is -0.176. The van der Waals surface area contributed by atoms with Gasteiger partial charge in [0.25, 0.3) is 5.91 Å². The molecule has 1 saturated heterocycles. The molecule has 2 saturated carbocycles. The number of nitrogens with one attached hydrogen (secondary N) is 2. The topological polar surface area (TPSA) is 78.5 Å². The van der Waals surface area contributed by atoms with Crippen LogP contribution in [0.4, 0.5) is 0 Å². The predicted octanol–water partition coefficient (Wildman–Crippen LogP) is 0.0838. The molecule has 0 aromatic rings. The van der Waals surface area contributed by atoms with E-state index in [0.29, 0.717) is 6.42 Å². The molecular formula is C15H23N3O3S. The Morgan fingerprint density at radius 2 is 2.09 bits per heavy atom. The monoisotopic (exact) mass is 325 g/mol. The van der Waals surface area contributed by atoms with E-state index in [1.54, 1.807) is 6.08 Å². The minimum atomic E-state index is -1.33. The summed E-state index contributed by atoms with van der Waals surface area (Å²) >= 11 is 0. The van der Waals surface area contributed by atoms with Crippen LogP contribution in [0.3, 0.4) is 0 Å². The van der Waals surface area contributed by atoms with E-state index in [1.807, 2.05) is 11.9 Å². The van der Waals surface area contributed by atoms with E-state index in [1.165, 1.54) is 0 Å². The van der Waals surface area contributed by atoms with Crippen molar-refractivity contribution < 1.29 is 13.8 Å². The minimum Gasteiger partial charge on any atom is -0.340 e. The molecule has 3 rings (SSSR count). The molecule has 1 aliphatic heterocycles. The van der Waals surface area contributed by atoms with Crippen LogP contribution < -0.4 is 10.0 Å². The molecule has 22 heavy (non-hydrogen) atoms. The highest BCUT2D eigenvalue weighted by atomic mass is 32.2. The molecule has 0 aromatic carbocycles. The Labute approximate surface area is 133 Å². The maximum atomic E-state index is 12.5. The molecule has 0 aromatic heterocycles. The average molecular weight is 325 g/mol. The van der Waals surface area contributed by atoms with Gasteiger partial charge < -0.3 is 5.32 Å². The molecule has 3 aliphatic rings. The molecule has 2 N–H and O–H groups in total. The third-order valence-electron chi connectivity index (χ3n) is 4.89. The van der Waals surface area contributed by atoms with Crippen LogP contribution in [0.2, 0.25) is 0 Å². The van der Waals surface area contributed by atoms with Gasteiger partial charge in [0.15, 0.2) is 0 Å². The van der Waals surface area contributed by atoms with E-state index in [-0.39, 0.29) is 29.0 Å². The molecule has 3 fully saturated rings. The highest BCUT2D eigenvalue weighted by Gasteiger charge is 2.60. The van der Waals surface area contributed by atoms with Crippen molar-refractivity contribution in [1.29, 1.82) is 0 Å². The maximum absolute atomic E-state index is 12.5. The molecule has 122 valence electrons. The van der Waals surface area contributed by atoms with Gasteiger partial charge in [0, 0.05) is 5.92 Å². The summed E-state index contributed by atoms with van der Waals surface area (Å²) in [6.07, 6.45) is 5.82. The van der Waals surface area contributed by atoms with Gasteiger partial charge in [-0.3, -0.25) is 19.2 Å². The van der Waals surface area contributed by atoms with Crippen molar-refractivity contribution in [3.05, 3.63) is 12.7 Å². The highest BCUT2D eigenvalue weighted by molar-refractivity contribution is 7.84.